The Balaban J connectivity index is 1.82. The molecular formula is C19H22BrNO4. The van der Waals surface area contributed by atoms with E-state index < -0.39 is 5.97 Å². The van der Waals surface area contributed by atoms with Crippen molar-refractivity contribution in [2.75, 3.05) is 6.61 Å². The number of esters is 1. The molecule has 2 aromatic rings. The molecule has 1 amide bonds. The standard InChI is InChI=1S/C19H22BrNO4/c1-12(2)10-14-4-6-15(7-5-14)13(3)21-18(22)11-24-19(23)16-8-9-17(20)25-16/h4-9,12-13H,10-11H2,1-3H3,(H,21,22)/t13-/m0/s1. The van der Waals surface area contributed by atoms with Crippen LogP contribution in [0.5, 0.6) is 0 Å². The maximum Gasteiger partial charge on any atom is 0.374 e. The molecule has 0 radical (unpaired) electrons. The van der Waals surface area contributed by atoms with E-state index in [0.717, 1.165) is 12.0 Å². The van der Waals surface area contributed by atoms with E-state index in [1.807, 2.05) is 19.1 Å². The van der Waals surface area contributed by atoms with Crippen LogP contribution in [0.4, 0.5) is 0 Å². The van der Waals surface area contributed by atoms with Crippen LogP contribution in [0.15, 0.2) is 45.5 Å². The summed E-state index contributed by atoms with van der Waals surface area (Å²) in [5, 5.41) is 2.81. The Morgan fingerprint density at radius 1 is 1.12 bits per heavy atom. The van der Waals surface area contributed by atoms with Crippen molar-refractivity contribution in [2.45, 2.75) is 33.2 Å². The van der Waals surface area contributed by atoms with Crippen LogP contribution in [-0.4, -0.2) is 18.5 Å². The second-order valence-corrected chi connectivity index (χ2v) is 7.09. The highest BCUT2D eigenvalue weighted by molar-refractivity contribution is 9.10. The average Bonchev–Trinajstić information content (AvgIpc) is 2.99. The molecule has 5 nitrogen and oxygen atoms in total. The van der Waals surface area contributed by atoms with Gasteiger partial charge < -0.3 is 14.5 Å². The van der Waals surface area contributed by atoms with Crippen molar-refractivity contribution in [3.63, 3.8) is 0 Å². The predicted molar refractivity (Wildman–Crippen MR) is 98.2 cm³/mol. The third kappa shape index (κ3) is 6.05. The molecule has 25 heavy (non-hydrogen) atoms. The van der Waals surface area contributed by atoms with Crippen molar-refractivity contribution in [3.8, 4) is 0 Å². The van der Waals surface area contributed by atoms with E-state index in [0.29, 0.717) is 10.6 Å². The van der Waals surface area contributed by atoms with Gasteiger partial charge >= 0.3 is 5.97 Å². The largest absolute Gasteiger partial charge is 0.450 e. The Hall–Kier alpha value is -2.08. The zero-order valence-corrected chi connectivity index (χ0v) is 16.1. The van der Waals surface area contributed by atoms with Crippen LogP contribution in [0.2, 0.25) is 0 Å². The molecule has 0 saturated carbocycles. The van der Waals surface area contributed by atoms with Gasteiger partial charge in [0.2, 0.25) is 5.76 Å². The molecule has 2 rings (SSSR count). The quantitative estimate of drug-likeness (QED) is 0.695. The SMILES string of the molecule is CC(C)Cc1ccc([C@H](C)NC(=O)COC(=O)c2ccc(Br)o2)cc1. The minimum atomic E-state index is -0.674. The molecule has 1 atom stereocenters. The Labute approximate surface area is 155 Å². The number of hydrogen-bond donors (Lipinski definition) is 1. The van der Waals surface area contributed by atoms with Crippen molar-refractivity contribution in [3.05, 3.63) is 58.0 Å². The number of rotatable bonds is 7. The minimum absolute atomic E-state index is 0.0495. The van der Waals surface area contributed by atoms with E-state index >= 15 is 0 Å². The summed E-state index contributed by atoms with van der Waals surface area (Å²) < 4.78 is 10.4. The summed E-state index contributed by atoms with van der Waals surface area (Å²) in [6, 6.07) is 11.1. The van der Waals surface area contributed by atoms with Gasteiger partial charge in [-0.25, -0.2) is 4.79 Å². The van der Waals surface area contributed by atoms with Crippen LogP contribution >= 0.6 is 15.9 Å². The smallest absolute Gasteiger partial charge is 0.374 e. The molecule has 1 aromatic carbocycles. The van der Waals surface area contributed by atoms with Crippen LogP contribution < -0.4 is 5.32 Å². The van der Waals surface area contributed by atoms with E-state index in [-0.39, 0.29) is 24.3 Å². The highest BCUT2D eigenvalue weighted by Gasteiger charge is 2.15. The van der Waals surface area contributed by atoms with Gasteiger partial charge in [0.25, 0.3) is 5.91 Å². The highest BCUT2D eigenvalue weighted by Crippen LogP contribution is 2.16. The molecule has 0 unspecified atom stereocenters. The lowest BCUT2D eigenvalue weighted by Gasteiger charge is -2.15. The maximum absolute atomic E-state index is 12.0. The average molecular weight is 408 g/mol. The van der Waals surface area contributed by atoms with Gasteiger partial charge in [-0.05, 0) is 58.5 Å². The topological polar surface area (TPSA) is 68.5 Å². The lowest BCUT2D eigenvalue weighted by atomic mass is 10.00. The number of furan rings is 1. The first kappa shape index (κ1) is 19.2. The van der Waals surface area contributed by atoms with Gasteiger partial charge in [0.05, 0.1) is 6.04 Å². The number of hydrogen-bond acceptors (Lipinski definition) is 4. The molecule has 6 heteroatoms. The Morgan fingerprint density at radius 2 is 1.80 bits per heavy atom. The Morgan fingerprint density at radius 3 is 2.36 bits per heavy atom. The minimum Gasteiger partial charge on any atom is -0.450 e. The molecule has 0 bridgehead atoms. The fraction of sp³-hybridized carbons (Fsp3) is 0.368. The second kappa shape index (κ2) is 8.85. The summed E-state index contributed by atoms with van der Waals surface area (Å²) in [5.41, 5.74) is 2.28. The first-order valence-electron chi connectivity index (χ1n) is 8.16. The molecule has 0 spiro atoms. The summed E-state index contributed by atoms with van der Waals surface area (Å²) >= 11 is 3.10. The predicted octanol–water partition coefficient (Wildman–Crippen LogP) is 4.27. The van der Waals surface area contributed by atoms with Crippen molar-refractivity contribution in [1.29, 1.82) is 0 Å². The molecule has 0 aliphatic rings. The fourth-order valence-electron chi connectivity index (χ4n) is 2.41. The van der Waals surface area contributed by atoms with Gasteiger partial charge in [-0.2, -0.15) is 0 Å². The van der Waals surface area contributed by atoms with Crippen LogP contribution in [-0.2, 0) is 16.0 Å². The monoisotopic (exact) mass is 407 g/mol. The molecule has 0 fully saturated rings. The third-order valence-corrected chi connectivity index (χ3v) is 4.04. The van der Waals surface area contributed by atoms with Gasteiger partial charge in [0.15, 0.2) is 11.3 Å². The van der Waals surface area contributed by atoms with Gasteiger partial charge in [0, 0.05) is 0 Å². The van der Waals surface area contributed by atoms with E-state index in [1.165, 1.54) is 11.6 Å². The summed E-state index contributed by atoms with van der Waals surface area (Å²) in [6.45, 7) is 5.90. The molecular weight excluding hydrogens is 386 g/mol. The fourth-order valence-corrected chi connectivity index (χ4v) is 2.71. The number of amides is 1. The first-order chi connectivity index (χ1) is 11.8. The summed E-state index contributed by atoms with van der Waals surface area (Å²) in [7, 11) is 0. The van der Waals surface area contributed by atoms with Gasteiger partial charge in [-0.15, -0.1) is 0 Å². The van der Waals surface area contributed by atoms with E-state index in [2.05, 4.69) is 47.2 Å². The van der Waals surface area contributed by atoms with Crippen LogP contribution in [0.3, 0.4) is 0 Å². The zero-order valence-electron chi connectivity index (χ0n) is 14.5. The number of benzene rings is 1. The highest BCUT2D eigenvalue weighted by atomic mass is 79.9. The lowest BCUT2D eigenvalue weighted by Crippen LogP contribution is -2.31. The van der Waals surface area contributed by atoms with Gasteiger partial charge in [-0.1, -0.05) is 38.1 Å². The molecule has 134 valence electrons. The Bertz CT molecular complexity index is 721. The summed E-state index contributed by atoms with van der Waals surface area (Å²) in [6.07, 6.45) is 1.03. The number of nitrogens with one attached hydrogen (secondary N) is 1. The van der Waals surface area contributed by atoms with Crippen molar-refractivity contribution in [1.82, 2.24) is 5.32 Å². The Kier molecular flexibility index (Phi) is 6.82. The van der Waals surface area contributed by atoms with Gasteiger partial charge in [0.1, 0.15) is 0 Å². The van der Waals surface area contributed by atoms with E-state index in [4.69, 9.17) is 9.15 Å². The number of ether oxygens (including phenoxy) is 1. The van der Waals surface area contributed by atoms with Crippen molar-refractivity contribution in [2.24, 2.45) is 5.92 Å². The molecule has 0 aliphatic carbocycles. The summed E-state index contributed by atoms with van der Waals surface area (Å²) in [5.74, 6) is -0.384. The molecule has 0 saturated heterocycles. The third-order valence-electron chi connectivity index (χ3n) is 3.61. The van der Waals surface area contributed by atoms with Crippen LogP contribution in [0.25, 0.3) is 0 Å². The number of halogens is 1. The summed E-state index contributed by atoms with van der Waals surface area (Å²) in [4.78, 5) is 23.7. The zero-order chi connectivity index (χ0) is 18.4. The van der Waals surface area contributed by atoms with Crippen LogP contribution in [0.1, 0.15) is 48.5 Å². The van der Waals surface area contributed by atoms with E-state index in [1.54, 1.807) is 6.07 Å². The van der Waals surface area contributed by atoms with Crippen LogP contribution in [0, 0.1) is 5.92 Å². The van der Waals surface area contributed by atoms with Gasteiger partial charge in [-0.3, -0.25) is 4.79 Å². The first-order valence-corrected chi connectivity index (χ1v) is 8.95. The van der Waals surface area contributed by atoms with Crippen molar-refractivity contribution >= 4 is 27.8 Å². The molecule has 1 aromatic heterocycles. The number of carbonyl (C=O) groups excluding carboxylic acids is 2. The van der Waals surface area contributed by atoms with Crippen molar-refractivity contribution < 1.29 is 18.7 Å². The lowest BCUT2D eigenvalue weighted by molar-refractivity contribution is -0.124. The number of carbonyl (C=O) groups is 2. The second-order valence-electron chi connectivity index (χ2n) is 6.31. The maximum atomic E-state index is 12.0. The molecule has 1 N–H and O–H groups in total. The molecule has 0 aliphatic heterocycles. The molecule has 1 heterocycles. The normalized spacial score (nSPS) is 12.0. The van der Waals surface area contributed by atoms with E-state index in [9.17, 15) is 9.59 Å².